The third kappa shape index (κ3) is 3.38. The van der Waals surface area contributed by atoms with E-state index in [1.165, 1.54) is 6.20 Å². The molecule has 0 spiro atoms. The van der Waals surface area contributed by atoms with Gasteiger partial charge in [-0.15, -0.1) is 0 Å². The number of nitrogen functional groups attached to an aromatic ring is 1. The molecule has 1 aromatic heterocycles. The predicted molar refractivity (Wildman–Crippen MR) is 80.3 cm³/mol. The molecule has 1 heterocycles. The van der Waals surface area contributed by atoms with Crippen LogP contribution >= 0.6 is 0 Å². The summed E-state index contributed by atoms with van der Waals surface area (Å²) in [6.07, 6.45) is 1.35. The lowest BCUT2D eigenvalue weighted by Gasteiger charge is -2.09. The zero-order valence-electron chi connectivity index (χ0n) is 11.8. The number of carbonyl (C=O) groups excluding carboxylic acids is 1. The topological polar surface area (TPSA) is 110 Å². The van der Waals surface area contributed by atoms with Crippen LogP contribution in [0.5, 0.6) is 0 Å². The summed E-state index contributed by atoms with van der Waals surface area (Å²) in [6, 6.07) is 5.17. The first-order chi connectivity index (χ1) is 9.86. The van der Waals surface area contributed by atoms with E-state index in [2.05, 4.69) is 10.3 Å². The van der Waals surface area contributed by atoms with Gasteiger partial charge in [-0.3, -0.25) is 19.1 Å². The molecule has 0 aliphatic rings. The molecule has 0 aliphatic heterocycles. The van der Waals surface area contributed by atoms with Crippen LogP contribution in [0.4, 0.5) is 11.4 Å². The lowest BCUT2D eigenvalue weighted by atomic mass is 10.2. The van der Waals surface area contributed by atoms with Gasteiger partial charge in [0.25, 0.3) is 5.56 Å². The van der Waals surface area contributed by atoms with E-state index in [-0.39, 0.29) is 12.5 Å². The van der Waals surface area contributed by atoms with Crippen LogP contribution < -0.4 is 22.3 Å². The molecule has 0 fully saturated rings. The van der Waals surface area contributed by atoms with Gasteiger partial charge < -0.3 is 11.1 Å². The summed E-state index contributed by atoms with van der Waals surface area (Å²) in [5.74, 6) is -0.383. The zero-order valence-corrected chi connectivity index (χ0v) is 11.8. The second-order valence-electron chi connectivity index (χ2n) is 4.82. The van der Waals surface area contributed by atoms with E-state index in [0.717, 1.165) is 10.1 Å². The quantitative estimate of drug-likeness (QED) is 0.709. The molecule has 7 heteroatoms. The molecule has 0 radical (unpaired) electrons. The van der Waals surface area contributed by atoms with Gasteiger partial charge in [0.2, 0.25) is 5.91 Å². The van der Waals surface area contributed by atoms with Crippen LogP contribution in [0.15, 0.2) is 34.0 Å². The number of carbonyl (C=O) groups is 1. The average Bonchev–Trinajstić information content (AvgIpc) is 2.40. The van der Waals surface area contributed by atoms with Crippen LogP contribution in [-0.2, 0) is 11.3 Å². The molecule has 21 heavy (non-hydrogen) atoms. The summed E-state index contributed by atoms with van der Waals surface area (Å²) in [7, 11) is 0. The van der Waals surface area contributed by atoms with Crippen LogP contribution in [0.2, 0.25) is 0 Å². The Kier molecular flexibility index (Phi) is 3.93. The standard InChI is InChI=1S/C14H16N4O3/c1-8-3-4-10(5-11(8)15)16-12(19)7-18-6-9(2)13(20)17-14(18)21/h3-6H,7,15H2,1-2H3,(H,16,19)(H,17,20,21). The van der Waals surface area contributed by atoms with E-state index in [1.807, 2.05) is 6.92 Å². The highest BCUT2D eigenvalue weighted by molar-refractivity contribution is 5.91. The number of aromatic nitrogens is 2. The van der Waals surface area contributed by atoms with Crippen molar-refractivity contribution in [1.29, 1.82) is 0 Å². The third-order valence-corrected chi connectivity index (χ3v) is 3.07. The number of anilines is 2. The summed E-state index contributed by atoms with van der Waals surface area (Å²) in [5, 5.41) is 2.65. The molecule has 0 saturated heterocycles. The average molecular weight is 288 g/mol. The number of amides is 1. The van der Waals surface area contributed by atoms with Gasteiger partial charge >= 0.3 is 5.69 Å². The number of rotatable bonds is 3. The highest BCUT2D eigenvalue weighted by Crippen LogP contribution is 2.16. The monoisotopic (exact) mass is 288 g/mol. The Hall–Kier alpha value is -2.83. The van der Waals surface area contributed by atoms with Crippen LogP contribution in [0.25, 0.3) is 0 Å². The number of H-pyrrole nitrogens is 1. The maximum Gasteiger partial charge on any atom is 0.328 e. The molecule has 110 valence electrons. The zero-order chi connectivity index (χ0) is 15.6. The predicted octanol–water partition coefficient (Wildman–Crippen LogP) is 0.374. The first kappa shape index (κ1) is 14.6. The van der Waals surface area contributed by atoms with Crippen LogP contribution in [0.1, 0.15) is 11.1 Å². The van der Waals surface area contributed by atoms with Gasteiger partial charge in [0.1, 0.15) is 6.54 Å². The van der Waals surface area contributed by atoms with Crippen molar-refractivity contribution in [2.24, 2.45) is 0 Å². The molecule has 4 N–H and O–H groups in total. The number of aromatic amines is 1. The van der Waals surface area contributed by atoms with Gasteiger partial charge in [-0.2, -0.15) is 0 Å². The number of aryl methyl sites for hydroxylation is 2. The second-order valence-corrected chi connectivity index (χ2v) is 4.82. The van der Waals surface area contributed by atoms with Crippen molar-refractivity contribution in [2.45, 2.75) is 20.4 Å². The summed E-state index contributed by atoms with van der Waals surface area (Å²) < 4.78 is 1.14. The van der Waals surface area contributed by atoms with E-state index >= 15 is 0 Å². The Morgan fingerprint density at radius 2 is 2.00 bits per heavy atom. The highest BCUT2D eigenvalue weighted by Gasteiger charge is 2.07. The fourth-order valence-electron chi connectivity index (χ4n) is 1.81. The van der Waals surface area contributed by atoms with Gasteiger partial charge in [0, 0.05) is 23.1 Å². The van der Waals surface area contributed by atoms with Crippen molar-refractivity contribution in [1.82, 2.24) is 9.55 Å². The van der Waals surface area contributed by atoms with Crippen molar-refractivity contribution < 1.29 is 4.79 Å². The number of nitrogens with zero attached hydrogens (tertiary/aromatic N) is 1. The van der Waals surface area contributed by atoms with E-state index < -0.39 is 11.2 Å². The molecule has 7 nitrogen and oxygen atoms in total. The Bertz CT molecular complexity index is 805. The van der Waals surface area contributed by atoms with Crippen molar-refractivity contribution in [3.05, 3.63) is 56.4 Å². The Morgan fingerprint density at radius 1 is 1.29 bits per heavy atom. The Labute approximate surface area is 120 Å². The smallest absolute Gasteiger partial charge is 0.328 e. The molecule has 0 bridgehead atoms. The van der Waals surface area contributed by atoms with Gasteiger partial charge in [-0.25, -0.2) is 4.79 Å². The SMILES string of the molecule is Cc1ccc(NC(=O)Cn2cc(C)c(=O)[nH]c2=O)cc1N. The molecule has 0 unspecified atom stereocenters. The van der Waals surface area contributed by atoms with Gasteiger partial charge in [0.15, 0.2) is 0 Å². The van der Waals surface area contributed by atoms with Crippen LogP contribution in [0, 0.1) is 13.8 Å². The van der Waals surface area contributed by atoms with E-state index in [4.69, 9.17) is 5.73 Å². The molecular formula is C14H16N4O3. The molecule has 0 aliphatic carbocycles. The normalized spacial score (nSPS) is 10.4. The summed E-state index contributed by atoms with van der Waals surface area (Å²) in [5.41, 5.74) is 7.09. The number of hydrogen-bond donors (Lipinski definition) is 3. The molecule has 1 aromatic carbocycles. The number of nitrogens with one attached hydrogen (secondary N) is 2. The van der Waals surface area contributed by atoms with Gasteiger partial charge in [-0.1, -0.05) is 6.07 Å². The number of hydrogen-bond acceptors (Lipinski definition) is 4. The molecule has 2 rings (SSSR count). The summed E-state index contributed by atoms with van der Waals surface area (Å²) in [6.45, 7) is 3.24. The van der Waals surface area contributed by atoms with Crippen molar-refractivity contribution in [3.63, 3.8) is 0 Å². The lowest BCUT2D eigenvalue weighted by Crippen LogP contribution is -2.34. The number of benzene rings is 1. The molecule has 1 amide bonds. The van der Waals surface area contributed by atoms with E-state index in [0.29, 0.717) is 16.9 Å². The Morgan fingerprint density at radius 3 is 2.67 bits per heavy atom. The molecule has 0 atom stereocenters. The van der Waals surface area contributed by atoms with Crippen LogP contribution in [0.3, 0.4) is 0 Å². The van der Waals surface area contributed by atoms with Gasteiger partial charge in [-0.05, 0) is 31.5 Å². The summed E-state index contributed by atoms with van der Waals surface area (Å²) >= 11 is 0. The summed E-state index contributed by atoms with van der Waals surface area (Å²) in [4.78, 5) is 36.9. The fraction of sp³-hybridized carbons (Fsp3) is 0.214. The number of nitrogens with two attached hydrogens (primary N) is 1. The maximum absolute atomic E-state index is 11.9. The van der Waals surface area contributed by atoms with E-state index in [1.54, 1.807) is 25.1 Å². The highest BCUT2D eigenvalue weighted by atomic mass is 16.2. The fourth-order valence-corrected chi connectivity index (χ4v) is 1.81. The minimum absolute atomic E-state index is 0.190. The maximum atomic E-state index is 11.9. The largest absolute Gasteiger partial charge is 0.398 e. The van der Waals surface area contributed by atoms with Crippen molar-refractivity contribution in [3.8, 4) is 0 Å². The minimum Gasteiger partial charge on any atom is -0.398 e. The first-order valence-corrected chi connectivity index (χ1v) is 6.33. The van der Waals surface area contributed by atoms with Gasteiger partial charge in [0.05, 0.1) is 0 Å². The second kappa shape index (κ2) is 5.66. The minimum atomic E-state index is -0.621. The lowest BCUT2D eigenvalue weighted by molar-refractivity contribution is -0.116. The molecular weight excluding hydrogens is 272 g/mol. The van der Waals surface area contributed by atoms with Crippen molar-refractivity contribution >= 4 is 17.3 Å². The third-order valence-electron chi connectivity index (χ3n) is 3.07. The van der Waals surface area contributed by atoms with E-state index in [9.17, 15) is 14.4 Å². The molecule has 2 aromatic rings. The Balaban J connectivity index is 2.15. The van der Waals surface area contributed by atoms with Crippen molar-refractivity contribution in [2.75, 3.05) is 11.1 Å². The van der Waals surface area contributed by atoms with Crippen LogP contribution in [-0.4, -0.2) is 15.5 Å². The first-order valence-electron chi connectivity index (χ1n) is 6.33. The molecule has 0 saturated carbocycles.